The van der Waals surface area contributed by atoms with Gasteiger partial charge in [0, 0.05) is 11.1 Å². The lowest BCUT2D eigenvalue weighted by Gasteiger charge is -2.18. The van der Waals surface area contributed by atoms with E-state index in [4.69, 9.17) is 25.7 Å². The van der Waals surface area contributed by atoms with E-state index in [9.17, 15) is 4.79 Å². The highest BCUT2D eigenvalue weighted by molar-refractivity contribution is 5.96. The molecule has 4 N–H and O–H groups in total. The third-order valence-corrected chi connectivity index (χ3v) is 4.03. The van der Waals surface area contributed by atoms with Crippen molar-refractivity contribution in [1.29, 1.82) is 0 Å². The molecule has 0 aliphatic carbocycles. The molecule has 0 fully saturated rings. The zero-order chi connectivity index (χ0) is 18.1. The summed E-state index contributed by atoms with van der Waals surface area (Å²) in [6, 6.07) is 3.21. The zero-order valence-corrected chi connectivity index (χ0v) is 14.2. The number of hydrogen-bond donors (Lipinski definition) is 2. The van der Waals surface area contributed by atoms with Gasteiger partial charge in [0.15, 0.2) is 11.5 Å². The lowest BCUT2D eigenvalue weighted by Crippen LogP contribution is -2.25. The van der Waals surface area contributed by atoms with Gasteiger partial charge in [0.2, 0.25) is 11.7 Å². The summed E-state index contributed by atoms with van der Waals surface area (Å²) < 4.78 is 15.9. The van der Waals surface area contributed by atoms with Gasteiger partial charge in [0.25, 0.3) is 5.91 Å². The fraction of sp³-hybridized carbons (Fsp3) is 0.312. The number of nitrogen functional groups attached to an aromatic ring is 2. The van der Waals surface area contributed by atoms with Crippen LogP contribution in [0.2, 0.25) is 0 Å². The highest BCUT2D eigenvalue weighted by atomic mass is 16.5. The van der Waals surface area contributed by atoms with E-state index < -0.39 is 0 Å². The molecule has 0 saturated carbocycles. The number of amides is 1. The molecule has 2 heterocycles. The van der Waals surface area contributed by atoms with Gasteiger partial charge in [-0.25, -0.2) is 4.98 Å². The van der Waals surface area contributed by atoms with Crippen molar-refractivity contribution in [3.8, 4) is 17.2 Å². The SMILES string of the molecule is COc1cc(C(=O)N2Cc3nc(N)nc(N)c3C2)cc(OC)c1OC. The number of methoxy groups -OCH3 is 3. The van der Waals surface area contributed by atoms with Crippen molar-refractivity contribution < 1.29 is 19.0 Å². The van der Waals surface area contributed by atoms with Crippen LogP contribution >= 0.6 is 0 Å². The van der Waals surface area contributed by atoms with E-state index in [0.29, 0.717) is 47.4 Å². The summed E-state index contributed by atoms with van der Waals surface area (Å²) in [7, 11) is 4.50. The van der Waals surface area contributed by atoms with E-state index in [1.54, 1.807) is 17.0 Å². The molecular weight excluding hydrogens is 326 g/mol. The van der Waals surface area contributed by atoms with Crippen LogP contribution in [0, 0.1) is 0 Å². The Kier molecular flexibility index (Phi) is 4.22. The predicted molar refractivity (Wildman–Crippen MR) is 90.5 cm³/mol. The van der Waals surface area contributed by atoms with Gasteiger partial charge < -0.3 is 30.6 Å². The Labute approximate surface area is 144 Å². The number of hydrogen-bond acceptors (Lipinski definition) is 8. The van der Waals surface area contributed by atoms with Crippen LogP contribution in [0.4, 0.5) is 11.8 Å². The molecule has 2 aromatic rings. The molecule has 0 radical (unpaired) electrons. The molecule has 1 aromatic carbocycles. The van der Waals surface area contributed by atoms with Crippen molar-refractivity contribution >= 4 is 17.7 Å². The molecule has 3 rings (SSSR count). The van der Waals surface area contributed by atoms with Gasteiger partial charge in [0.05, 0.1) is 40.1 Å². The van der Waals surface area contributed by atoms with Crippen LogP contribution in [0.3, 0.4) is 0 Å². The second kappa shape index (κ2) is 6.34. The van der Waals surface area contributed by atoms with E-state index in [1.807, 2.05) is 0 Å². The summed E-state index contributed by atoms with van der Waals surface area (Å²) in [5.41, 5.74) is 13.3. The predicted octanol–water partition coefficient (Wildman–Crippen LogP) is 0.823. The Morgan fingerprint density at radius 3 is 2.24 bits per heavy atom. The second-order valence-electron chi connectivity index (χ2n) is 5.47. The fourth-order valence-corrected chi connectivity index (χ4v) is 2.83. The minimum atomic E-state index is -0.213. The molecular formula is C16H19N5O4. The molecule has 25 heavy (non-hydrogen) atoms. The summed E-state index contributed by atoms with van der Waals surface area (Å²) in [6.45, 7) is 0.624. The quantitative estimate of drug-likeness (QED) is 0.834. The lowest BCUT2D eigenvalue weighted by atomic mass is 10.1. The van der Waals surface area contributed by atoms with Crippen LogP contribution in [0.15, 0.2) is 12.1 Å². The van der Waals surface area contributed by atoms with Crippen LogP contribution in [0.1, 0.15) is 21.6 Å². The maximum absolute atomic E-state index is 12.9. The third-order valence-electron chi connectivity index (χ3n) is 4.03. The Morgan fingerprint density at radius 1 is 1.04 bits per heavy atom. The monoisotopic (exact) mass is 345 g/mol. The van der Waals surface area contributed by atoms with Crippen molar-refractivity contribution in [2.45, 2.75) is 13.1 Å². The summed E-state index contributed by atoms with van der Waals surface area (Å²) in [5.74, 6) is 1.42. The van der Waals surface area contributed by atoms with Gasteiger partial charge in [-0.05, 0) is 12.1 Å². The van der Waals surface area contributed by atoms with Gasteiger partial charge in [-0.1, -0.05) is 0 Å². The number of carbonyl (C=O) groups excluding carboxylic acids is 1. The summed E-state index contributed by atoms with van der Waals surface area (Å²) in [5, 5.41) is 0. The van der Waals surface area contributed by atoms with Crippen molar-refractivity contribution in [3.05, 3.63) is 29.0 Å². The zero-order valence-electron chi connectivity index (χ0n) is 14.2. The van der Waals surface area contributed by atoms with Crippen molar-refractivity contribution in [3.63, 3.8) is 0 Å². The van der Waals surface area contributed by atoms with Crippen LogP contribution in [0.25, 0.3) is 0 Å². The lowest BCUT2D eigenvalue weighted by molar-refractivity contribution is 0.0749. The topological polar surface area (TPSA) is 126 Å². The Hall–Kier alpha value is -3.23. The Bertz CT molecular complexity index is 815. The first-order valence-corrected chi connectivity index (χ1v) is 7.48. The number of nitrogens with two attached hydrogens (primary N) is 2. The maximum Gasteiger partial charge on any atom is 0.254 e. The number of rotatable bonds is 4. The molecule has 1 aliphatic heterocycles. The van der Waals surface area contributed by atoms with E-state index >= 15 is 0 Å². The normalized spacial score (nSPS) is 12.7. The maximum atomic E-state index is 12.9. The molecule has 0 atom stereocenters. The average molecular weight is 345 g/mol. The van der Waals surface area contributed by atoms with E-state index in [0.717, 1.165) is 5.56 Å². The summed E-state index contributed by atoms with van der Waals surface area (Å²) in [6.07, 6.45) is 0. The molecule has 0 saturated heterocycles. The average Bonchev–Trinajstić information content (AvgIpc) is 3.03. The number of anilines is 2. The van der Waals surface area contributed by atoms with Gasteiger partial charge >= 0.3 is 0 Å². The number of carbonyl (C=O) groups is 1. The van der Waals surface area contributed by atoms with Gasteiger partial charge in [-0.2, -0.15) is 4.98 Å². The minimum absolute atomic E-state index is 0.0957. The van der Waals surface area contributed by atoms with Crippen LogP contribution in [-0.2, 0) is 13.1 Å². The molecule has 0 spiro atoms. The number of ether oxygens (including phenoxy) is 3. The number of fused-ring (bicyclic) bond motifs is 1. The Morgan fingerprint density at radius 2 is 1.68 bits per heavy atom. The second-order valence-corrected chi connectivity index (χ2v) is 5.47. The molecule has 1 aliphatic rings. The van der Waals surface area contributed by atoms with E-state index in [1.165, 1.54) is 21.3 Å². The first-order valence-electron chi connectivity index (χ1n) is 7.48. The van der Waals surface area contributed by atoms with Crippen molar-refractivity contribution in [1.82, 2.24) is 14.9 Å². The molecule has 9 heteroatoms. The van der Waals surface area contributed by atoms with Gasteiger partial charge in [-0.15, -0.1) is 0 Å². The standard InChI is InChI=1S/C16H19N5O4/c1-23-11-4-8(5-12(24-2)13(11)25-3)15(22)21-6-9-10(7-21)19-16(18)20-14(9)17/h4-5H,6-7H2,1-3H3,(H4,17,18,19,20). The number of benzene rings is 1. The van der Waals surface area contributed by atoms with E-state index in [2.05, 4.69) is 9.97 Å². The van der Waals surface area contributed by atoms with Crippen LogP contribution in [0.5, 0.6) is 17.2 Å². The van der Waals surface area contributed by atoms with Crippen LogP contribution in [-0.4, -0.2) is 42.1 Å². The number of nitrogens with zero attached hydrogens (tertiary/aromatic N) is 3. The Balaban J connectivity index is 1.93. The molecule has 9 nitrogen and oxygen atoms in total. The van der Waals surface area contributed by atoms with Gasteiger partial charge in [0.1, 0.15) is 5.82 Å². The molecule has 132 valence electrons. The highest BCUT2D eigenvalue weighted by Crippen LogP contribution is 2.39. The molecule has 0 bridgehead atoms. The first-order chi connectivity index (χ1) is 12.0. The third kappa shape index (κ3) is 2.84. The van der Waals surface area contributed by atoms with Crippen molar-refractivity contribution in [2.75, 3.05) is 32.8 Å². The molecule has 1 amide bonds. The fourth-order valence-electron chi connectivity index (χ4n) is 2.83. The summed E-state index contributed by atoms with van der Waals surface area (Å²) >= 11 is 0. The largest absolute Gasteiger partial charge is 0.493 e. The number of aromatic nitrogens is 2. The van der Waals surface area contributed by atoms with Crippen LogP contribution < -0.4 is 25.7 Å². The first kappa shape index (κ1) is 16.6. The molecule has 1 aromatic heterocycles. The summed E-state index contributed by atoms with van der Waals surface area (Å²) in [4.78, 5) is 22.6. The minimum Gasteiger partial charge on any atom is -0.493 e. The van der Waals surface area contributed by atoms with Gasteiger partial charge in [-0.3, -0.25) is 4.79 Å². The highest BCUT2D eigenvalue weighted by Gasteiger charge is 2.29. The van der Waals surface area contributed by atoms with E-state index in [-0.39, 0.29) is 11.9 Å². The van der Waals surface area contributed by atoms with Crippen molar-refractivity contribution in [2.24, 2.45) is 0 Å². The smallest absolute Gasteiger partial charge is 0.254 e. The molecule has 0 unspecified atom stereocenters.